The first kappa shape index (κ1) is 22.0. The molecule has 0 unspecified atom stereocenters. The summed E-state index contributed by atoms with van der Waals surface area (Å²) in [5, 5.41) is 2.48. The van der Waals surface area contributed by atoms with Gasteiger partial charge >= 0.3 is 5.97 Å². The number of benzene rings is 2. The number of ether oxygens (including phenoxy) is 1. The molecule has 0 saturated heterocycles. The Labute approximate surface area is 191 Å². The summed E-state index contributed by atoms with van der Waals surface area (Å²) in [6, 6.07) is 15.8. The molecule has 2 heterocycles. The monoisotopic (exact) mass is 446 g/mol. The molecule has 0 saturated carbocycles. The molecule has 2 aromatic heterocycles. The fourth-order valence-electron chi connectivity index (χ4n) is 3.75. The number of carbonyl (C=O) groups excluding carboxylic acids is 1. The van der Waals surface area contributed by atoms with Gasteiger partial charge in [-0.2, -0.15) is 0 Å². The number of nitrogens with zero attached hydrogens (tertiary/aromatic N) is 2. The summed E-state index contributed by atoms with van der Waals surface area (Å²) in [4.78, 5) is 32.4. The first-order chi connectivity index (χ1) is 15.2. The zero-order chi connectivity index (χ0) is 23.0. The minimum absolute atomic E-state index is 0.236. The number of fused-ring (bicyclic) bond motifs is 1. The van der Waals surface area contributed by atoms with Crippen molar-refractivity contribution in [1.82, 2.24) is 9.55 Å². The van der Waals surface area contributed by atoms with Crippen molar-refractivity contribution in [1.29, 1.82) is 0 Å². The second kappa shape index (κ2) is 8.36. The molecule has 32 heavy (non-hydrogen) atoms. The van der Waals surface area contributed by atoms with Crippen LogP contribution < -0.4 is 5.56 Å². The minimum Gasteiger partial charge on any atom is -0.464 e. The normalized spacial score (nSPS) is 11.7. The van der Waals surface area contributed by atoms with Gasteiger partial charge in [0.2, 0.25) is 0 Å². The van der Waals surface area contributed by atoms with Gasteiger partial charge in [-0.1, -0.05) is 59.7 Å². The second-order valence-corrected chi connectivity index (χ2v) is 9.28. The minimum atomic E-state index is -1.24. The lowest BCUT2D eigenvalue weighted by Crippen LogP contribution is -2.45. The zero-order valence-corrected chi connectivity index (χ0v) is 19.7. The molecule has 4 aromatic rings. The predicted molar refractivity (Wildman–Crippen MR) is 130 cm³/mol. The molecule has 0 aliphatic carbocycles. The highest BCUT2D eigenvalue weighted by atomic mass is 32.1. The third-order valence-corrected chi connectivity index (χ3v) is 6.49. The topological polar surface area (TPSA) is 61.2 Å². The van der Waals surface area contributed by atoms with E-state index in [4.69, 9.17) is 9.72 Å². The quantitative estimate of drug-likeness (QED) is 0.369. The Bertz CT molecular complexity index is 1350. The van der Waals surface area contributed by atoms with Crippen molar-refractivity contribution in [2.45, 2.75) is 40.2 Å². The molecular weight excluding hydrogens is 420 g/mol. The summed E-state index contributed by atoms with van der Waals surface area (Å²) < 4.78 is 6.81. The second-order valence-electron chi connectivity index (χ2n) is 8.42. The molecule has 4 rings (SSSR count). The van der Waals surface area contributed by atoms with Gasteiger partial charge in [0.15, 0.2) is 0 Å². The molecule has 0 N–H and O–H groups in total. The van der Waals surface area contributed by atoms with Crippen molar-refractivity contribution >= 4 is 27.5 Å². The van der Waals surface area contributed by atoms with Crippen molar-refractivity contribution in [3.63, 3.8) is 0 Å². The molecule has 2 aromatic carbocycles. The largest absolute Gasteiger partial charge is 0.464 e. The van der Waals surface area contributed by atoms with Crippen LogP contribution >= 0.6 is 11.3 Å². The number of thiophene rings is 1. The van der Waals surface area contributed by atoms with Gasteiger partial charge in [0.25, 0.3) is 5.56 Å². The highest BCUT2D eigenvalue weighted by Gasteiger charge is 2.36. The first-order valence-electron chi connectivity index (χ1n) is 10.6. The summed E-state index contributed by atoms with van der Waals surface area (Å²) in [6.45, 7) is 9.43. The molecule has 164 valence electrons. The zero-order valence-electron chi connectivity index (χ0n) is 18.9. The van der Waals surface area contributed by atoms with Gasteiger partial charge in [0.1, 0.15) is 16.2 Å². The van der Waals surface area contributed by atoms with E-state index in [1.807, 2.05) is 67.8 Å². The van der Waals surface area contributed by atoms with Crippen molar-refractivity contribution in [3.8, 4) is 22.5 Å². The van der Waals surface area contributed by atoms with E-state index in [1.54, 1.807) is 20.8 Å². The average molecular weight is 447 g/mol. The maximum absolute atomic E-state index is 14.0. The fraction of sp³-hybridized carbons (Fsp3) is 0.269. The van der Waals surface area contributed by atoms with E-state index in [-0.39, 0.29) is 12.2 Å². The standard InChI is InChI=1S/C26H26N2O3S/c1-6-31-25(30)26(4,5)28-22(19-13-9-17(3)10-14-19)27-23-21(24(28)29)20(15-32-23)18-11-7-16(2)8-12-18/h7-15H,6H2,1-5H3. The maximum Gasteiger partial charge on any atom is 0.331 e. The smallest absolute Gasteiger partial charge is 0.331 e. The van der Waals surface area contributed by atoms with Crippen LogP contribution in [0.25, 0.3) is 32.7 Å². The molecular formula is C26H26N2O3S. The van der Waals surface area contributed by atoms with Gasteiger partial charge in [-0.05, 0) is 40.2 Å². The van der Waals surface area contributed by atoms with Crippen molar-refractivity contribution in [3.05, 3.63) is 75.4 Å². The van der Waals surface area contributed by atoms with E-state index in [1.165, 1.54) is 15.9 Å². The molecule has 5 nitrogen and oxygen atoms in total. The van der Waals surface area contributed by atoms with Crippen LogP contribution in [0.3, 0.4) is 0 Å². The predicted octanol–water partition coefficient (Wildman–Crippen LogP) is 5.71. The molecule has 0 aliphatic rings. The average Bonchev–Trinajstić information content (AvgIpc) is 3.19. The third-order valence-electron chi connectivity index (χ3n) is 5.61. The van der Waals surface area contributed by atoms with E-state index >= 15 is 0 Å². The van der Waals surface area contributed by atoms with Crippen LogP contribution in [0.4, 0.5) is 0 Å². The van der Waals surface area contributed by atoms with Crippen LogP contribution in [-0.2, 0) is 15.1 Å². The lowest BCUT2D eigenvalue weighted by atomic mass is 10.0. The van der Waals surface area contributed by atoms with Gasteiger partial charge in [0.05, 0.1) is 12.0 Å². The van der Waals surface area contributed by atoms with Crippen LogP contribution in [0, 0.1) is 13.8 Å². The number of rotatable bonds is 5. The first-order valence-corrected chi connectivity index (χ1v) is 11.5. The molecule has 0 aliphatic heterocycles. The van der Waals surface area contributed by atoms with Crippen molar-refractivity contribution in [2.75, 3.05) is 6.61 Å². The van der Waals surface area contributed by atoms with Crippen LogP contribution in [0.2, 0.25) is 0 Å². The van der Waals surface area contributed by atoms with E-state index in [9.17, 15) is 9.59 Å². The van der Waals surface area contributed by atoms with Gasteiger partial charge in [-0.3, -0.25) is 9.36 Å². The number of hydrogen-bond donors (Lipinski definition) is 0. The summed E-state index contributed by atoms with van der Waals surface area (Å²) in [5.41, 5.74) is 3.31. The SMILES string of the molecule is CCOC(=O)C(C)(C)n1c(-c2ccc(C)cc2)nc2scc(-c3ccc(C)cc3)c2c1=O. The number of aryl methyl sites for hydroxylation is 2. The summed E-state index contributed by atoms with van der Waals surface area (Å²) in [5.74, 6) is -0.0124. The summed E-state index contributed by atoms with van der Waals surface area (Å²) >= 11 is 1.44. The van der Waals surface area contributed by atoms with Gasteiger partial charge in [-0.25, -0.2) is 9.78 Å². The molecule has 6 heteroatoms. The highest BCUT2D eigenvalue weighted by Crippen LogP contribution is 2.34. The molecule has 0 fully saturated rings. The number of esters is 1. The van der Waals surface area contributed by atoms with Gasteiger partial charge in [0, 0.05) is 16.5 Å². The van der Waals surface area contributed by atoms with Crippen LogP contribution in [0.5, 0.6) is 0 Å². The molecule has 0 spiro atoms. The van der Waals surface area contributed by atoms with Gasteiger partial charge < -0.3 is 4.74 Å². The van der Waals surface area contributed by atoms with Crippen LogP contribution in [0.1, 0.15) is 31.9 Å². The van der Waals surface area contributed by atoms with Crippen LogP contribution in [-0.4, -0.2) is 22.1 Å². The molecule has 0 amide bonds. The summed E-state index contributed by atoms with van der Waals surface area (Å²) in [6.07, 6.45) is 0. The Hall–Kier alpha value is -3.25. The number of hydrogen-bond acceptors (Lipinski definition) is 5. The molecule has 0 radical (unpaired) electrons. The number of carbonyl (C=O) groups is 1. The lowest BCUT2D eigenvalue weighted by Gasteiger charge is -2.27. The fourth-order valence-corrected chi connectivity index (χ4v) is 4.69. The summed E-state index contributed by atoms with van der Waals surface area (Å²) in [7, 11) is 0. The lowest BCUT2D eigenvalue weighted by molar-refractivity contribution is -0.152. The van der Waals surface area contributed by atoms with E-state index in [0.29, 0.717) is 16.0 Å². The van der Waals surface area contributed by atoms with Crippen molar-refractivity contribution in [2.24, 2.45) is 0 Å². The van der Waals surface area contributed by atoms with E-state index in [0.717, 1.165) is 27.8 Å². The van der Waals surface area contributed by atoms with Crippen LogP contribution in [0.15, 0.2) is 58.7 Å². The van der Waals surface area contributed by atoms with Crippen molar-refractivity contribution < 1.29 is 9.53 Å². The molecule has 0 atom stereocenters. The third kappa shape index (κ3) is 3.75. The Morgan fingerprint density at radius 1 is 1.00 bits per heavy atom. The Balaban J connectivity index is 2.05. The van der Waals surface area contributed by atoms with E-state index in [2.05, 4.69) is 0 Å². The van der Waals surface area contributed by atoms with E-state index < -0.39 is 11.5 Å². The Kier molecular flexibility index (Phi) is 5.73. The van der Waals surface area contributed by atoms with Gasteiger partial charge in [-0.15, -0.1) is 11.3 Å². The maximum atomic E-state index is 14.0. The Morgan fingerprint density at radius 2 is 1.56 bits per heavy atom. The Morgan fingerprint density at radius 3 is 2.12 bits per heavy atom. The highest BCUT2D eigenvalue weighted by molar-refractivity contribution is 7.17. The molecule has 0 bridgehead atoms. The number of aromatic nitrogens is 2.